The van der Waals surface area contributed by atoms with Gasteiger partial charge in [-0.05, 0) is 62.3 Å². The first-order chi connectivity index (χ1) is 16.2. The molecule has 8 nitrogen and oxygen atoms in total. The highest BCUT2D eigenvalue weighted by Crippen LogP contribution is 2.65. The summed E-state index contributed by atoms with van der Waals surface area (Å²) in [6, 6.07) is 1.07. The van der Waals surface area contributed by atoms with Gasteiger partial charge in [0.05, 0.1) is 0 Å². The molecule has 4 fully saturated rings. The number of imidazole rings is 1. The summed E-state index contributed by atoms with van der Waals surface area (Å²) in [6.07, 6.45) is 6.89. The van der Waals surface area contributed by atoms with Crippen LogP contribution in [0.4, 0.5) is 0 Å². The minimum Gasteiger partial charge on any atom is -0.361 e. The van der Waals surface area contributed by atoms with Crippen LogP contribution in [0.25, 0.3) is 11.2 Å². The fourth-order valence-corrected chi connectivity index (χ4v) is 8.00. The maximum Gasteiger partial charge on any atom is 0.332 e. The minimum atomic E-state index is -1.23. The average molecular weight is 488 g/mol. The van der Waals surface area contributed by atoms with Crippen molar-refractivity contribution in [3.8, 4) is 0 Å². The van der Waals surface area contributed by atoms with E-state index in [0.29, 0.717) is 56.5 Å². The molecule has 0 aromatic carbocycles. The molecule has 9 heteroatoms. The number of ether oxygens (including phenoxy) is 1. The van der Waals surface area contributed by atoms with E-state index in [1.54, 1.807) is 4.57 Å². The quantitative estimate of drug-likeness (QED) is 0.410. The molecule has 2 unspecified atom stereocenters. The fourth-order valence-electron chi connectivity index (χ4n) is 7.24. The van der Waals surface area contributed by atoms with Crippen LogP contribution in [0.3, 0.4) is 0 Å². The van der Waals surface area contributed by atoms with Gasteiger partial charge in [-0.2, -0.15) is 0 Å². The summed E-state index contributed by atoms with van der Waals surface area (Å²) >= 11 is 0. The number of hydrogen-bond donors (Lipinski definition) is 1. The third-order valence-electron chi connectivity index (χ3n) is 8.57. The van der Waals surface area contributed by atoms with E-state index in [9.17, 15) is 9.59 Å². The SMILES string of the molecule is CCCn1c(=O)c2c(nc(C34CC5CC(CC3C5)C4)n2COCC[Si](C)(C)C)n(CCN)c1=O. The van der Waals surface area contributed by atoms with Gasteiger partial charge in [-0.15, -0.1) is 0 Å². The second kappa shape index (κ2) is 8.75. The lowest BCUT2D eigenvalue weighted by atomic mass is 9.75. The summed E-state index contributed by atoms with van der Waals surface area (Å²) in [7, 11) is -1.23. The van der Waals surface area contributed by atoms with Crippen molar-refractivity contribution in [3.05, 3.63) is 26.7 Å². The van der Waals surface area contributed by atoms with Crippen molar-refractivity contribution in [2.75, 3.05) is 13.2 Å². The highest BCUT2D eigenvalue weighted by atomic mass is 28.3. The molecule has 6 rings (SSSR count). The Bertz CT molecular complexity index is 1180. The van der Waals surface area contributed by atoms with E-state index in [1.807, 2.05) is 6.92 Å². The maximum absolute atomic E-state index is 13.7. The lowest BCUT2D eigenvalue weighted by Crippen LogP contribution is -2.41. The van der Waals surface area contributed by atoms with Gasteiger partial charge in [-0.1, -0.05) is 26.6 Å². The van der Waals surface area contributed by atoms with Crippen LogP contribution in [0.5, 0.6) is 0 Å². The Morgan fingerprint density at radius 3 is 2.38 bits per heavy atom. The molecule has 0 amide bonds. The molecule has 2 aromatic rings. The van der Waals surface area contributed by atoms with Gasteiger partial charge < -0.3 is 10.5 Å². The fraction of sp³-hybridized carbons (Fsp3) is 0.800. The van der Waals surface area contributed by atoms with Gasteiger partial charge in [0.2, 0.25) is 0 Å². The second-order valence-electron chi connectivity index (χ2n) is 12.3. The minimum absolute atomic E-state index is 0.0142. The van der Waals surface area contributed by atoms with Gasteiger partial charge in [-0.3, -0.25) is 18.5 Å². The molecule has 4 bridgehead atoms. The van der Waals surface area contributed by atoms with Gasteiger partial charge in [0, 0.05) is 39.7 Å². The smallest absolute Gasteiger partial charge is 0.332 e. The molecular formula is C25H41N5O3Si. The largest absolute Gasteiger partial charge is 0.361 e. The van der Waals surface area contributed by atoms with Crippen molar-refractivity contribution >= 4 is 19.2 Å². The third kappa shape index (κ3) is 3.84. The molecule has 2 aromatic heterocycles. The summed E-state index contributed by atoms with van der Waals surface area (Å²) < 4.78 is 11.3. The molecule has 0 saturated heterocycles. The predicted molar refractivity (Wildman–Crippen MR) is 137 cm³/mol. The molecule has 34 heavy (non-hydrogen) atoms. The number of aromatic nitrogens is 4. The zero-order valence-corrected chi connectivity index (χ0v) is 22.3. The van der Waals surface area contributed by atoms with Crippen molar-refractivity contribution in [1.29, 1.82) is 0 Å². The number of nitrogens with zero attached hydrogens (tertiary/aromatic N) is 4. The summed E-state index contributed by atoms with van der Waals surface area (Å²) in [5.74, 6) is 3.14. The van der Waals surface area contributed by atoms with Crippen molar-refractivity contribution in [3.63, 3.8) is 0 Å². The van der Waals surface area contributed by atoms with Crippen LogP contribution in [-0.4, -0.2) is 39.9 Å². The van der Waals surface area contributed by atoms with Crippen LogP contribution in [0, 0.1) is 17.8 Å². The molecule has 4 aliphatic rings. The third-order valence-corrected chi connectivity index (χ3v) is 10.3. The standard InChI is InChI=1S/C25H41N5O3Si/c1-5-7-29-22(31)20-21(28(8-6-26)24(29)32)27-23(30(20)16-33-9-10-34(2,3)4)25-14-17-11-18(15-25)13-19(25)12-17/h17-19H,5-16,26H2,1-4H3. The summed E-state index contributed by atoms with van der Waals surface area (Å²) in [5.41, 5.74) is 6.39. The zero-order chi connectivity index (χ0) is 24.3. The summed E-state index contributed by atoms with van der Waals surface area (Å²) in [4.78, 5) is 32.1. The van der Waals surface area contributed by atoms with Crippen LogP contribution in [0.2, 0.25) is 25.7 Å². The van der Waals surface area contributed by atoms with Crippen molar-refractivity contribution in [2.24, 2.45) is 23.5 Å². The Morgan fingerprint density at radius 1 is 1.06 bits per heavy atom. The van der Waals surface area contributed by atoms with Gasteiger partial charge in [0.25, 0.3) is 5.56 Å². The Labute approximate surface area is 202 Å². The van der Waals surface area contributed by atoms with Gasteiger partial charge in [0.15, 0.2) is 11.2 Å². The zero-order valence-electron chi connectivity index (χ0n) is 21.3. The molecule has 2 N–H and O–H groups in total. The van der Waals surface area contributed by atoms with E-state index in [1.165, 1.54) is 23.8 Å². The highest BCUT2D eigenvalue weighted by molar-refractivity contribution is 6.76. The van der Waals surface area contributed by atoms with Crippen LogP contribution >= 0.6 is 0 Å². The Morgan fingerprint density at radius 2 is 1.76 bits per heavy atom. The molecule has 0 radical (unpaired) electrons. The van der Waals surface area contributed by atoms with Crippen LogP contribution < -0.4 is 17.0 Å². The summed E-state index contributed by atoms with van der Waals surface area (Å²) in [6.45, 7) is 11.1. The lowest BCUT2D eigenvalue weighted by molar-refractivity contribution is 0.0830. The summed E-state index contributed by atoms with van der Waals surface area (Å²) in [5, 5.41) is 0. The second-order valence-corrected chi connectivity index (χ2v) is 17.9. The maximum atomic E-state index is 13.7. The van der Waals surface area contributed by atoms with Crippen LogP contribution in [-0.2, 0) is 30.0 Å². The van der Waals surface area contributed by atoms with Crippen molar-refractivity contribution in [1.82, 2.24) is 18.7 Å². The Balaban J connectivity index is 1.67. The van der Waals surface area contributed by atoms with Crippen molar-refractivity contribution < 1.29 is 4.74 Å². The monoisotopic (exact) mass is 487 g/mol. The van der Waals surface area contributed by atoms with E-state index < -0.39 is 8.07 Å². The number of rotatable bonds is 10. The van der Waals surface area contributed by atoms with Gasteiger partial charge in [-0.25, -0.2) is 9.78 Å². The van der Waals surface area contributed by atoms with E-state index in [2.05, 4.69) is 24.2 Å². The Kier molecular flexibility index (Phi) is 6.17. The molecule has 2 atom stereocenters. The highest BCUT2D eigenvalue weighted by Gasteiger charge is 2.60. The molecule has 0 spiro atoms. The molecule has 2 heterocycles. The molecule has 4 saturated carbocycles. The molecule has 188 valence electrons. The Hall–Kier alpha value is -1.71. The predicted octanol–water partition coefficient (Wildman–Crippen LogP) is 3.12. The first kappa shape index (κ1) is 24.0. The number of hydrogen-bond acceptors (Lipinski definition) is 5. The van der Waals surface area contributed by atoms with Gasteiger partial charge in [0.1, 0.15) is 12.6 Å². The van der Waals surface area contributed by atoms with E-state index >= 15 is 0 Å². The van der Waals surface area contributed by atoms with Crippen molar-refractivity contribution in [2.45, 2.75) is 96.4 Å². The first-order valence-electron chi connectivity index (χ1n) is 13.2. The molecule has 4 aliphatic carbocycles. The number of nitrogens with two attached hydrogens (primary N) is 1. The topological polar surface area (TPSA) is 97.1 Å². The van der Waals surface area contributed by atoms with Gasteiger partial charge >= 0.3 is 5.69 Å². The van der Waals surface area contributed by atoms with Crippen LogP contribution in [0.1, 0.15) is 51.3 Å². The average Bonchev–Trinajstić information content (AvgIpc) is 3.35. The molecular weight excluding hydrogens is 446 g/mol. The van der Waals surface area contributed by atoms with Crippen LogP contribution in [0.15, 0.2) is 9.59 Å². The van der Waals surface area contributed by atoms with E-state index in [-0.39, 0.29) is 16.7 Å². The van der Waals surface area contributed by atoms with E-state index in [0.717, 1.165) is 36.5 Å². The van der Waals surface area contributed by atoms with E-state index in [4.69, 9.17) is 15.5 Å². The number of fused-ring (bicyclic) bond motifs is 1. The normalized spacial score (nSPS) is 28.0. The lowest BCUT2D eigenvalue weighted by Gasteiger charge is -2.32. The molecule has 0 aliphatic heterocycles. The first-order valence-corrected chi connectivity index (χ1v) is 16.9.